The van der Waals surface area contributed by atoms with Crippen molar-refractivity contribution in [2.75, 3.05) is 49.7 Å². The molecule has 0 saturated carbocycles. The molecule has 21 heavy (non-hydrogen) atoms. The second-order valence-electron chi connectivity index (χ2n) is 5.39. The number of anilines is 1. The fraction of sp³-hybridized carbons (Fsp3) is 0.714. The lowest BCUT2D eigenvalue weighted by Crippen LogP contribution is -2.48. The van der Waals surface area contributed by atoms with Crippen LogP contribution < -0.4 is 9.64 Å². The Morgan fingerprint density at radius 2 is 1.95 bits per heavy atom. The van der Waals surface area contributed by atoms with Gasteiger partial charge in [-0.1, -0.05) is 0 Å². The summed E-state index contributed by atoms with van der Waals surface area (Å²) in [5.74, 6) is 3.96. The summed E-state index contributed by atoms with van der Waals surface area (Å²) in [7, 11) is 1.64. The Morgan fingerprint density at radius 3 is 2.62 bits per heavy atom. The summed E-state index contributed by atoms with van der Waals surface area (Å²) in [6.45, 7) is 4.55. The van der Waals surface area contributed by atoms with E-state index in [1.807, 2.05) is 0 Å². The maximum Gasteiger partial charge on any atom is 0.232 e. The van der Waals surface area contributed by atoms with Gasteiger partial charge in [-0.2, -0.15) is 16.7 Å². The van der Waals surface area contributed by atoms with E-state index in [4.69, 9.17) is 4.74 Å². The highest BCUT2D eigenvalue weighted by molar-refractivity contribution is 9.10. The number of hydrogen-bond donors (Lipinski definition) is 0. The third-order valence-electron chi connectivity index (χ3n) is 4.20. The van der Waals surface area contributed by atoms with Gasteiger partial charge in [-0.05, 0) is 28.8 Å². The Kier molecular flexibility index (Phi) is 5.24. The molecule has 2 aliphatic heterocycles. The number of halogens is 1. The van der Waals surface area contributed by atoms with Crippen molar-refractivity contribution < 1.29 is 4.74 Å². The number of piperidine rings is 1. The topological polar surface area (TPSA) is 41.5 Å². The van der Waals surface area contributed by atoms with Crippen molar-refractivity contribution >= 4 is 33.6 Å². The molecule has 0 N–H and O–H groups in total. The van der Waals surface area contributed by atoms with E-state index >= 15 is 0 Å². The molecule has 5 nitrogen and oxygen atoms in total. The molecule has 2 fully saturated rings. The minimum absolute atomic E-state index is 0.607. The van der Waals surface area contributed by atoms with Crippen molar-refractivity contribution in [2.24, 2.45) is 0 Å². The molecular formula is C14H21BrN4OS. The monoisotopic (exact) mass is 372 g/mol. The second-order valence-corrected chi connectivity index (χ2v) is 7.47. The first-order valence-corrected chi connectivity index (χ1v) is 9.36. The van der Waals surface area contributed by atoms with E-state index < -0.39 is 0 Å². The van der Waals surface area contributed by atoms with Crippen molar-refractivity contribution in [1.29, 1.82) is 0 Å². The molecule has 0 aliphatic carbocycles. The van der Waals surface area contributed by atoms with Gasteiger partial charge in [0.15, 0.2) is 0 Å². The highest BCUT2D eigenvalue weighted by atomic mass is 79.9. The first-order chi connectivity index (χ1) is 10.3. The maximum absolute atomic E-state index is 5.26. The second kappa shape index (κ2) is 7.15. The molecule has 0 spiro atoms. The molecule has 0 radical (unpaired) electrons. The summed E-state index contributed by atoms with van der Waals surface area (Å²) < 4.78 is 6.06. The molecule has 1 aromatic rings. The van der Waals surface area contributed by atoms with E-state index in [1.165, 1.54) is 37.4 Å². The van der Waals surface area contributed by atoms with Crippen LogP contribution in [0.25, 0.3) is 0 Å². The quantitative estimate of drug-likeness (QED) is 0.810. The number of nitrogens with zero attached hydrogens (tertiary/aromatic N) is 4. The number of rotatable bonds is 3. The van der Waals surface area contributed by atoms with Crippen molar-refractivity contribution in [3.63, 3.8) is 0 Å². The van der Waals surface area contributed by atoms with Gasteiger partial charge in [0.25, 0.3) is 0 Å². The largest absolute Gasteiger partial charge is 0.480 e. The Hall–Kier alpha value is -0.530. The fourth-order valence-electron chi connectivity index (χ4n) is 3.01. The predicted octanol–water partition coefficient (Wildman–Crippen LogP) is 2.27. The minimum atomic E-state index is 0.607. The molecule has 2 aliphatic rings. The van der Waals surface area contributed by atoms with Crippen molar-refractivity contribution in [3.05, 3.63) is 10.7 Å². The highest BCUT2D eigenvalue weighted by Gasteiger charge is 2.26. The lowest BCUT2D eigenvalue weighted by atomic mass is 10.0. The Morgan fingerprint density at radius 1 is 1.24 bits per heavy atom. The lowest BCUT2D eigenvalue weighted by molar-refractivity contribution is 0.185. The third-order valence-corrected chi connectivity index (χ3v) is 5.69. The molecule has 3 rings (SSSR count). The minimum Gasteiger partial charge on any atom is -0.480 e. The highest BCUT2D eigenvalue weighted by Crippen LogP contribution is 2.26. The van der Waals surface area contributed by atoms with E-state index in [0.29, 0.717) is 5.88 Å². The van der Waals surface area contributed by atoms with Crippen molar-refractivity contribution in [2.45, 2.75) is 18.9 Å². The average Bonchev–Trinajstić information content (AvgIpc) is 2.56. The van der Waals surface area contributed by atoms with Gasteiger partial charge in [0.1, 0.15) is 0 Å². The summed E-state index contributed by atoms with van der Waals surface area (Å²) in [4.78, 5) is 13.8. The van der Waals surface area contributed by atoms with Crippen LogP contribution in [0.15, 0.2) is 10.7 Å². The van der Waals surface area contributed by atoms with Gasteiger partial charge < -0.3 is 9.64 Å². The van der Waals surface area contributed by atoms with Gasteiger partial charge in [0, 0.05) is 43.7 Å². The van der Waals surface area contributed by atoms with Gasteiger partial charge in [0.2, 0.25) is 11.8 Å². The first-order valence-electron chi connectivity index (χ1n) is 7.41. The van der Waals surface area contributed by atoms with Crippen LogP contribution in [-0.2, 0) is 0 Å². The van der Waals surface area contributed by atoms with Crippen LogP contribution in [0.1, 0.15) is 12.8 Å². The molecule has 1 aromatic heterocycles. The normalized spacial score (nSPS) is 21.5. The molecule has 0 aromatic carbocycles. The van der Waals surface area contributed by atoms with Gasteiger partial charge in [0.05, 0.1) is 17.8 Å². The maximum atomic E-state index is 5.26. The Bertz CT molecular complexity index is 476. The molecule has 3 heterocycles. The van der Waals surface area contributed by atoms with E-state index in [1.54, 1.807) is 13.3 Å². The molecule has 2 saturated heterocycles. The summed E-state index contributed by atoms with van der Waals surface area (Å²) >= 11 is 5.47. The number of thioether (sulfide) groups is 1. The molecule has 0 atom stereocenters. The van der Waals surface area contributed by atoms with E-state index in [2.05, 4.69) is 47.5 Å². The van der Waals surface area contributed by atoms with E-state index in [9.17, 15) is 0 Å². The third kappa shape index (κ3) is 3.63. The summed E-state index contributed by atoms with van der Waals surface area (Å²) in [6.07, 6.45) is 4.17. The van der Waals surface area contributed by atoms with Gasteiger partial charge in [-0.3, -0.25) is 4.90 Å². The van der Waals surface area contributed by atoms with E-state index in [-0.39, 0.29) is 0 Å². The molecule has 0 bridgehead atoms. The fourth-order valence-corrected chi connectivity index (χ4v) is 4.30. The molecule has 0 unspecified atom stereocenters. The number of methoxy groups -OCH3 is 1. The first kappa shape index (κ1) is 15.4. The zero-order chi connectivity index (χ0) is 14.7. The van der Waals surface area contributed by atoms with Crippen LogP contribution in [0.5, 0.6) is 5.88 Å². The molecule has 7 heteroatoms. The predicted molar refractivity (Wildman–Crippen MR) is 90.4 cm³/mol. The van der Waals surface area contributed by atoms with Gasteiger partial charge >= 0.3 is 0 Å². The zero-order valence-corrected chi connectivity index (χ0v) is 14.7. The van der Waals surface area contributed by atoms with E-state index in [0.717, 1.165) is 29.6 Å². The zero-order valence-electron chi connectivity index (χ0n) is 12.3. The molecule has 116 valence electrons. The summed E-state index contributed by atoms with van der Waals surface area (Å²) in [5, 5.41) is 0. The van der Waals surface area contributed by atoms with Gasteiger partial charge in [-0.25, -0.2) is 4.98 Å². The number of aromatic nitrogens is 2. The van der Waals surface area contributed by atoms with Crippen LogP contribution in [0.3, 0.4) is 0 Å². The molecule has 0 amide bonds. The van der Waals surface area contributed by atoms with Crippen LogP contribution in [0.2, 0.25) is 0 Å². The van der Waals surface area contributed by atoms with Crippen LogP contribution in [0, 0.1) is 0 Å². The smallest absolute Gasteiger partial charge is 0.232 e. The van der Waals surface area contributed by atoms with Crippen LogP contribution in [-0.4, -0.2) is 65.7 Å². The molecular weight excluding hydrogens is 352 g/mol. The SMILES string of the molecule is COc1nc(N2CCC(N3CCSCC3)CC2)ncc1Br. The van der Waals surface area contributed by atoms with Crippen LogP contribution >= 0.6 is 27.7 Å². The van der Waals surface area contributed by atoms with Crippen molar-refractivity contribution in [3.8, 4) is 5.88 Å². The average molecular weight is 373 g/mol. The Labute approximate surface area is 138 Å². The number of ether oxygens (including phenoxy) is 1. The number of hydrogen-bond acceptors (Lipinski definition) is 6. The van der Waals surface area contributed by atoms with Crippen LogP contribution in [0.4, 0.5) is 5.95 Å². The lowest BCUT2D eigenvalue weighted by Gasteiger charge is -2.40. The Balaban J connectivity index is 1.60. The van der Waals surface area contributed by atoms with Gasteiger partial charge in [-0.15, -0.1) is 0 Å². The standard InChI is InChI=1S/C14H21BrN4OS/c1-20-13-12(15)10-16-14(17-13)19-4-2-11(3-5-19)18-6-8-21-9-7-18/h10-11H,2-9H2,1H3. The van der Waals surface area contributed by atoms with Crippen molar-refractivity contribution in [1.82, 2.24) is 14.9 Å². The summed E-state index contributed by atoms with van der Waals surface area (Å²) in [5.41, 5.74) is 0. The summed E-state index contributed by atoms with van der Waals surface area (Å²) in [6, 6.07) is 0.736.